The van der Waals surface area contributed by atoms with Crippen LogP contribution in [-0.4, -0.2) is 34.6 Å². The predicted molar refractivity (Wildman–Crippen MR) is 77.4 cm³/mol. The number of carbonyl (C=O) groups is 1. The zero-order valence-corrected chi connectivity index (χ0v) is 12.9. The molecule has 1 amide bonds. The normalized spacial score (nSPS) is 21.7. The maximum Gasteiger partial charge on any atom is 0.408 e. The van der Waals surface area contributed by atoms with Crippen LogP contribution in [0.25, 0.3) is 0 Å². The summed E-state index contributed by atoms with van der Waals surface area (Å²) in [4.78, 5) is 16.4. The Hall–Kier alpha value is -0.710. The van der Waals surface area contributed by atoms with E-state index in [4.69, 9.17) is 4.74 Å². The first-order valence-corrected chi connectivity index (χ1v) is 7.37. The smallest absolute Gasteiger partial charge is 0.408 e. The molecule has 1 N–H and O–H groups in total. The van der Waals surface area contributed by atoms with E-state index < -0.39 is 5.60 Å². The number of alkyl carbamates (subject to hydrolysis) is 1. The van der Waals surface area contributed by atoms with Crippen molar-refractivity contribution >= 4 is 22.9 Å². The number of amides is 1. The number of thioether (sulfide) groups is 1. The lowest BCUT2D eigenvalue weighted by Gasteiger charge is -2.25. The number of nitrogens with zero attached hydrogens (tertiary/aromatic N) is 1. The van der Waals surface area contributed by atoms with Crippen molar-refractivity contribution in [1.82, 2.24) is 5.32 Å². The Morgan fingerprint density at radius 1 is 1.50 bits per heavy atom. The van der Waals surface area contributed by atoms with Crippen molar-refractivity contribution in [2.45, 2.75) is 59.2 Å². The molecule has 1 heterocycles. The van der Waals surface area contributed by atoms with Gasteiger partial charge in [0.15, 0.2) is 0 Å². The van der Waals surface area contributed by atoms with Crippen LogP contribution in [0.15, 0.2) is 4.99 Å². The predicted octanol–water partition coefficient (Wildman–Crippen LogP) is 3.07. The maximum atomic E-state index is 11.8. The standard InChI is InChI=1S/C13H24N2O2S/c1-8(2)10(11-14-9(3)7-18-11)15-12(16)17-13(4,5)6/h8-10H,7H2,1-6H3,(H,15,16)/t9-,10+/m1/s1. The van der Waals surface area contributed by atoms with Crippen LogP contribution in [0.3, 0.4) is 0 Å². The summed E-state index contributed by atoms with van der Waals surface area (Å²) in [7, 11) is 0. The summed E-state index contributed by atoms with van der Waals surface area (Å²) < 4.78 is 5.29. The number of nitrogens with one attached hydrogen (secondary N) is 1. The summed E-state index contributed by atoms with van der Waals surface area (Å²) in [5.74, 6) is 1.29. The van der Waals surface area contributed by atoms with Crippen LogP contribution < -0.4 is 5.32 Å². The Kier molecular flexibility index (Phi) is 5.08. The minimum Gasteiger partial charge on any atom is -0.444 e. The van der Waals surface area contributed by atoms with Crippen molar-refractivity contribution in [3.8, 4) is 0 Å². The summed E-state index contributed by atoms with van der Waals surface area (Å²) in [5, 5.41) is 3.94. The highest BCUT2D eigenvalue weighted by atomic mass is 32.2. The molecule has 104 valence electrons. The largest absolute Gasteiger partial charge is 0.444 e. The fraction of sp³-hybridized carbons (Fsp3) is 0.846. The molecule has 4 nitrogen and oxygen atoms in total. The van der Waals surface area contributed by atoms with Gasteiger partial charge >= 0.3 is 6.09 Å². The molecule has 0 aromatic rings. The van der Waals surface area contributed by atoms with Crippen LogP contribution in [0, 0.1) is 5.92 Å². The fourth-order valence-electron chi connectivity index (χ4n) is 1.62. The topological polar surface area (TPSA) is 50.7 Å². The average molecular weight is 272 g/mol. The minimum atomic E-state index is -0.469. The molecule has 0 aromatic carbocycles. The van der Waals surface area contributed by atoms with E-state index >= 15 is 0 Å². The molecular formula is C13H24N2O2S. The Morgan fingerprint density at radius 2 is 2.11 bits per heavy atom. The zero-order valence-electron chi connectivity index (χ0n) is 12.1. The van der Waals surface area contributed by atoms with Crippen molar-refractivity contribution in [2.75, 3.05) is 5.75 Å². The van der Waals surface area contributed by atoms with E-state index in [9.17, 15) is 4.79 Å². The monoisotopic (exact) mass is 272 g/mol. The molecule has 0 spiro atoms. The number of carbonyl (C=O) groups excluding carboxylic acids is 1. The van der Waals surface area contributed by atoms with Gasteiger partial charge in [0.05, 0.1) is 17.1 Å². The van der Waals surface area contributed by atoms with Crippen molar-refractivity contribution in [2.24, 2.45) is 10.9 Å². The van der Waals surface area contributed by atoms with Crippen LogP contribution in [0.4, 0.5) is 4.79 Å². The third kappa shape index (κ3) is 4.88. The molecule has 1 rings (SSSR count). The van der Waals surface area contributed by atoms with Gasteiger partial charge in [-0.05, 0) is 33.6 Å². The number of hydrogen-bond acceptors (Lipinski definition) is 4. The molecule has 18 heavy (non-hydrogen) atoms. The highest BCUT2D eigenvalue weighted by molar-refractivity contribution is 8.14. The van der Waals surface area contributed by atoms with Gasteiger partial charge in [-0.2, -0.15) is 0 Å². The maximum absolute atomic E-state index is 11.8. The van der Waals surface area contributed by atoms with Gasteiger partial charge < -0.3 is 10.1 Å². The second kappa shape index (κ2) is 5.95. The molecule has 0 radical (unpaired) electrons. The number of aliphatic imine (C=N–C) groups is 1. The summed E-state index contributed by atoms with van der Waals surface area (Å²) in [5.41, 5.74) is -0.469. The molecule has 1 aliphatic rings. The van der Waals surface area contributed by atoms with Gasteiger partial charge in [-0.1, -0.05) is 13.8 Å². The molecule has 0 bridgehead atoms. The molecule has 0 aromatic heterocycles. The molecule has 2 atom stereocenters. The van der Waals surface area contributed by atoms with E-state index in [1.165, 1.54) is 0 Å². The number of ether oxygens (including phenoxy) is 1. The average Bonchev–Trinajstić information content (AvgIpc) is 2.57. The summed E-state index contributed by atoms with van der Waals surface area (Å²) in [6, 6.07) is 0.293. The second-order valence-corrected chi connectivity index (χ2v) is 7.04. The van der Waals surface area contributed by atoms with Gasteiger partial charge in [0.1, 0.15) is 5.60 Å². The van der Waals surface area contributed by atoms with E-state index in [0.717, 1.165) is 10.8 Å². The molecule has 1 aliphatic heterocycles. The van der Waals surface area contributed by atoms with Crippen molar-refractivity contribution in [3.63, 3.8) is 0 Å². The molecule has 0 aliphatic carbocycles. The first-order valence-electron chi connectivity index (χ1n) is 6.39. The first-order chi connectivity index (χ1) is 8.19. The fourth-order valence-corrected chi connectivity index (χ4v) is 2.87. The van der Waals surface area contributed by atoms with E-state index in [1.807, 2.05) is 20.8 Å². The molecule has 0 unspecified atom stereocenters. The Labute approximate surface area is 114 Å². The summed E-state index contributed by atoms with van der Waals surface area (Å²) in [6.07, 6.45) is -0.371. The molecule has 0 fully saturated rings. The van der Waals surface area contributed by atoms with Gasteiger partial charge in [0.25, 0.3) is 0 Å². The summed E-state index contributed by atoms with van der Waals surface area (Å²) in [6.45, 7) is 11.8. The Balaban J connectivity index is 2.65. The molecule has 0 saturated heterocycles. The zero-order chi connectivity index (χ0) is 13.9. The lowest BCUT2D eigenvalue weighted by molar-refractivity contribution is 0.0509. The van der Waals surface area contributed by atoms with Gasteiger partial charge in [-0.3, -0.25) is 4.99 Å². The minimum absolute atomic E-state index is 0.0465. The molecule has 0 saturated carbocycles. The van der Waals surface area contributed by atoms with Gasteiger partial charge in [-0.25, -0.2) is 4.79 Å². The third-order valence-corrected chi connectivity index (χ3v) is 3.73. The lowest BCUT2D eigenvalue weighted by atomic mass is 10.1. The van der Waals surface area contributed by atoms with Crippen molar-refractivity contribution in [1.29, 1.82) is 0 Å². The van der Waals surface area contributed by atoms with Crippen LogP contribution in [-0.2, 0) is 4.74 Å². The molecular weight excluding hydrogens is 248 g/mol. The Bertz CT molecular complexity index is 334. The second-order valence-electron chi connectivity index (χ2n) is 6.00. The van der Waals surface area contributed by atoms with Gasteiger partial charge in [0.2, 0.25) is 0 Å². The van der Waals surface area contributed by atoms with Crippen LogP contribution in [0.5, 0.6) is 0 Å². The highest BCUT2D eigenvalue weighted by Crippen LogP contribution is 2.23. The van der Waals surface area contributed by atoms with Gasteiger partial charge in [-0.15, -0.1) is 11.8 Å². The Morgan fingerprint density at radius 3 is 2.50 bits per heavy atom. The van der Waals surface area contributed by atoms with Crippen LogP contribution in [0.1, 0.15) is 41.5 Å². The SMILES string of the molecule is CC(C)[C@H](NC(=O)OC(C)(C)C)C1=N[C@H](C)CS1. The van der Waals surface area contributed by atoms with Crippen LogP contribution >= 0.6 is 11.8 Å². The van der Waals surface area contributed by atoms with E-state index in [-0.39, 0.29) is 12.1 Å². The van der Waals surface area contributed by atoms with Crippen molar-refractivity contribution < 1.29 is 9.53 Å². The van der Waals surface area contributed by atoms with Crippen LogP contribution in [0.2, 0.25) is 0 Å². The number of hydrogen-bond donors (Lipinski definition) is 1. The lowest BCUT2D eigenvalue weighted by Crippen LogP contribution is -2.45. The number of rotatable bonds is 3. The van der Waals surface area contributed by atoms with E-state index in [1.54, 1.807) is 11.8 Å². The highest BCUT2D eigenvalue weighted by Gasteiger charge is 2.28. The van der Waals surface area contributed by atoms with E-state index in [2.05, 4.69) is 31.1 Å². The third-order valence-electron chi connectivity index (χ3n) is 2.43. The van der Waals surface area contributed by atoms with Gasteiger partial charge in [0, 0.05) is 5.75 Å². The summed E-state index contributed by atoms with van der Waals surface area (Å²) >= 11 is 1.73. The van der Waals surface area contributed by atoms with Crippen molar-refractivity contribution in [3.05, 3.63) is 0 Å². The van der Waals surface area contributed by atoms with E-state index in [0.29, 0.717) is 12.0 Å². The quantitative estimate of drug-likeness (QED) is 0.859. The first kappa shape index (κ1) is 15.3. The molecule has 5 heteroatoms.